The minimum Gasteiger partial charge on any atom is -0.516 e. The van der Waals surface area contributed by atoms with E-state index in [1.807, 2.05) is 24.5 Å². The number of nitrogens with one attached hydrogen (secondary N) is 1. The van der Waals surface area contributed by atoms with Gasteiger partial charge in [-0.2, -0.15) is 0 Å². The summed E-state index contributed by atoms with van der Waals surface area (Å²) in [6.07, 6.45) is 7.72. The maximum absolute atomic E-state index is 7.69. The lowest BCUT2D eigenvalue weighted by Crippen LogP contribution is -2.09. The van der Waals surface area contributed by atoms with Crippen molar-refractivity contribution in [3.63, 3.8) is 0 Å². The van der Waals surface area contributed by atoms with E-state index in [1.165, 1.54) is 0 Å². The van der Waals surface area contributed by atoms with Crippen molar-refractivity contribution in [2.45, 2.75) is 41.2 Å². The van der Waals surface area contributed by atoms with Gasteiger partial charge in [0.2, 0.25) is 0 Å². The number of hydrogen-bond donors (Lipinski definition) is 3. The number of aromatic nitrogens is 5. The molecule has 9 nitrogen and oxygen atoms in total. The van der Waals surface area contributed by atoms with Gasteiger partial charge in [-0.15, -0.1) is 6.58 Å². The first-order valence-corrected chi connectivity index (χ1v) is 9.60. The number of imidazole rings is 1. The van der Waals surface area contributed by atoms with Gasteiger partial charge in [0.15, 0.2) is 17.3 Å². The van der Waals surface area contributed by atoms with Gasteiger partial charge in [-0.05, 0) is 36.4 Å². The van der Waals surface area contributed by atoms with E-state index in [9.17, 15) is 0 Å². The summed E-state index contributed by atoms with van der Waals surface area (Å²) in [6.45, 7) is 16.5. The quantitative estimate of drug-likeness (QED) is 0.431. The lowest BCUT2D eigenvalue weighted by molar-refractivity contribution is 0.310. The van der Waals surface area contributed by atoms with E-state index >= 15 is 0 Å². The van der Waals surface area contributed by atoms with E-state index in [0.29, 0.717) is 18.1 Å². The first kappa shape index (κ1) is 25.8. The summed E-state index contributed by atoms with van der Waals surface area (Å²) in [5, 5.41) is 18.1. The van der Waals surface area contributed by atoms with Crippen LogP contribution in [0.1, 0.15) is 34.6 Å². The van der Waals surface area contributed by atoms with Gasteiger partial charge in [0.1, 0.15) is 5.52 Å². The Balaban J connectivity index is 0.000000600. The highest BCUT2D eigenvalue weighted by Crippen LogP contribution is 2.25. The number of hydrogen-bond acceptors (Lipinski definition) is 8. The lowest BCUT2D eigenvalue weighted by atomic mass is 10.4. The molecule has 0 radical (unpaired) electrons. The molecule has 3 aromatic heterocycles. The first-order valence-electron chi connectivity index (χ1n) is 9.60. The van der Waals surface area contributed by atoms with Crippen molar-refractivity contribution in [1.82, 2.24) is 30.2 Å². The SMILES string of the molecule is C/C=C/O.C=CCn1c(-c2nonc2N)nc2cnccc21.CC.CCNCC. The van der Waals surface area contributed by atoms with Gasteiger partial charge in [0, 0.05) is 12.7 Å². The van der Waals surface area contributed by atoms with Crippen LogP contribution in [0, 0.1) is 0 Å². The van der Waals surface area contributed by atoms with Crippen molar-refractivity contribution < 1.29 is 9.74 Å². The van der Waals surface area contributed by atoms with E-state index in [-0.39, 0.29) is 5.82 Å². The minimum absolute atomic E-state index is 0.212. The molecule has 0 bridgehead atoms. The number of anilines is 1. The molecule has 3 aromatic rings. The topological polar surface area (TPSA) is 128 Å². The third-order valence-corrected chi connectivity index (χ3v) is 3.24. The average molecular weight is 404 g/mol. The Kier molecular flexibility index (Phi) is 14.1. The number of rotatable bonds is 5. The minimum atomic E-state index is 0.212. The normalized spacial score (nSPS) is 9.69. The monoisotopic (exact) mass is 403 g/mol. The molecule has 0 saturated heterocycles. The molecule has 29 heavy (non-hydrogen) atoms. The summed E-state index contributed by atoms with van der Waals surface area (Å²) in [5.41, 5.74) is 7.81. The second-order valence-corrected chi connectivity index (χ2v) is 5.14. The molecule has 0 aliphatic rings. The van der Waals surface area contributed by atoms with Crippen LogP contribution in [0.4, 0.5) is 5.82 Å². The number of nitrogens with zero attached hydrogens (tertiary/aromatic N) is 5. The summed E-state index contributed by atoms with van der Waals surface area (Å²) in [5.74, 6) is 0.806. The number of fused-ring (bicyclic) bond motifs is 1. The number of aliphatic hydroxyl groups excluding tert-OH is 1. The third-order valence-electron chi connectivity index (χ3n) is 3.24. The molecular weight excluding hydrogens is 370 g/mol. The molecule has 3 heterocycles. The van der Waals surface area contributed by atoms with Crippen molar-refractivity contribution >= 4 is 16.9 Å². The molecule has 0 atom stereocenters. The van der Waals surface area contributed by atoms with Gasteiger partial charge in [0.05, 0.1) is 18.0 Å². The summed E-state index contributed by atoms with van der Waals surface area (Å²) < 4.78 is 6.54. The molecule has 0 fully saturated rings. The molecule has 0 aliphatic heterocycles. The molecule has 9 heteroatoms. The van der Waals surface area contributed by atoms with E-state index in [2.05, 4.69) is 50.7 Å². The van der Waals surface area contributed by atoms with Gasteiger partial charge >= 0.3 is 0 Å². The zero-order chi connectivity index (χ0) is 22.1. The van der Waals surface area contributed by atoms with Crippen molar-refractivity contribution in [3.8, 4) is 11.5 Å². The third kappa shape index (κ3) is 8.14. The number of allylic oxidation sites excluding steroid dienone is 2. The van der Waals surface area contributed by atoms with Crippen LogP contribution in [0.3, 0.4) is 0 Å². The number of aliphatic hydroxyl groups is 1. The average Bonchev–Trinajstić information content (AvgIpc) is 3.34. The van der Waals surface area contributed by atoms with Gasteiger partial charge in [-0.1, -0.05) is 39.8 Å². The van der Waals surface area contributed by atoms with Crippen LogP contribution in [0.2, 0.25) is 0 Å². The Morgan fingerprint density at radius 1 is 1.28 bits per heavy atom. The standard InChI is InChI=1S/C11H10N6O.C4H11N.C3H6O.C2H6/c1-2-5-17-8-3-4-13-6-7(8)14-11(17)9-10(12)16-18-15-9;1-3-5-4-2;1-2-3-4;1-2/h2-4,6H,1,5H2,(H2,12,16);5H,3-4H2,1-2H3;2-4H,1H3;1-2H3/b;;3-2+;. The number of nitrogens with two attached hydrogens (primary N) is 1. The Labute approximate surface area is 172 Å². The molecule has 160 valence electrons. The molecule has 0 aliphatic carbocycles. The predicted octanol–water partition coefficient (Wildman–Crippen LogP) is 3.97. The molecule has 4 N–H and O–H groups in total. The molecule has 0 amide bonds. The van der Waals surface area contributed by atoms with Gasteiger partial charge in [-0.25, -0.2) is 9.61 Å². The molecule has 0 saturated carbocycles. The number of nitrogen functional groups attached to an aromatic ring is 1. The zero-order valence-corrected chi connectivity index (χ0v) is 18.0. The van der Waals surface area contributed by atoms with E-state index in [0.717, 1.165) is 30.4 Å². The summed E-state index contributed by atoms with van der Waals surface area (Å²) >= 11 is 0. The highest BCUT2D eigenvalue weighted by Gasteiger charge is 2.18. The van der Waals surface area contributed by atoms with Crippen molar-refractivity contribution in [2.75, 3.05) is 18.8 Å². The van der Waals surface area contributed by atoms with Gasteiger partial charge < -0.3 is 20.7 Å². The van der Waals surface area contributed by atoms with E-state index in [1.54, 1.807) is 31.5 Å². The smallest absolute Gasteiger partial charge is 0.199 e. The Morgan fingerprint density at radius 3 is 2.38 bits per heavy atom. The lowest BCUT2D eigenvalue weighted by Gasteiger charge is -2.03. The fourth-order valence-electron chi connectivity index (χ4n) is 2.08. The largest absolute Gasteiger partial charge is 0.516 e. The van der Waals surface area contributed by atoms with Crippen LogP contribution in [0.5, 0.6) is 0 Å². The Morgan fingerprint density at radius 2 is 1.93 bits per heavy atom. The molecule has 0 aromatic carbocycles. The molecule has 0 unspecified atom stereocenters. The van der Waals surface area contributed by atoms with Gasteiger partial charge in [0.25, 0.3) is 0 Å². The second-order valence-electron chi connectivity index (χ2n) is 5.14. The molecule has 0 spiro atoms. The first-order chi connectivity index (χ1) is 14.1. The van der Waals surface area contributed by atoms with Crippen molar-refractivity contribution in [2.24, 2.45) is 0 Å². The summed E-state index contributed by atoms with van der Waals surface area (Å²) in [6, 6.07) is 1.87. The van der Waals surface area contributed by atoms with Crippen LogP contribution >= 0.6 is 0 Å². The predicted molar refractivity (Wildman–Crippen MR) is 118 cm³/mol. The van der Waals surface area contributed by atoms with Crippen molar-refractivity contribution in [3.05, 3.63) is 43.5 Å². The second kappa shape index (κ2) is 15.8. The maximum atomic E-state index is 7.69. The summed E-state index contributed by atoms with van der Waals surface area (Å²) in [7, 11) is 0. The molecule has 3 rings (SSSR count). The summed E-state index contributed by atoms with van der Waals surface area (Å²) in [4.78, 5) is 8.48. The molecular formula is C20H33N7O2. The van der Waals surface area contributed by atoms with Gasteiger partial charge in [-0.3, -0.25) is 4.98 Å². The van der Waals surface area contributed by atoms with E-state index in [4.69, 9.17) is 10.8 Å². The van der Waals surface area contributed by atoms with Crippen molar-refractivity contribution in [1.29, 1.82) is 0 Å². The van der Waals surface area contributed by atoms with Crippen LogP contribution in [0.15, 0.2) is 48.1 Å². The maximum Gasteiger partial charge on any atom is 0.199 e. The number of pyridine rings is 1. The Hall–Kier alpha value is -3.20. The van der Waals surface area contributed by atoms with Crippen LogP contribution < -0.4 is 11.1 Å². The zero-order valence-electron chi connectivity index (χ0n) is 18.0. The fraction of sp³-hybridized carbons (Fsp3) is 0.400. The highest BCUT2D eigenvalue weighted by molar-refractivity contribution is 5.80. The highest BCUT2D eigenvalue weighted by atomic mass is 16.6. The van der Waals surface area contributed by atoms with Crippen LogP contribution in [-0.4, -0.2) is 43.0 Å². The fourth-order valence-corrected chi connectivity index (χ4v) is 2.08. The van der Waals surface area contributed by atoms with Crippen LogP contribution in [0.25, 0.3) is 22.6 Å². The van der Waals surface area contributed by atoms with Crippen LogP contribution in [-0.2, 0) is 6.54 Å². The Bertz CT molecular complexity index is 834. The van der Waals surface area contributed by atoms with E-state index < -0.39 is 0 Å².